The topological polar surface area (TPSA) is 115 Å². The molecule has 0 bridgehead atoms. The fraction of sp³-hybridized carbons (Fsp3) is 0. The van der Waals surface area contributed by atoms with Crippen LogP contribution in [-0.4, -0.2) is 37.5 Å². The fourth-order valence-electron chi connectivity index (χ4n) is 5.07. The van der Waals surface area contributed by atoms with Crippen molar-refractivity contribution < 1.29 is 19.4 Å². The Bertz CT molecular complexity index is 2160. The first kappa shape index (κ1) is 23.4. The molecule has 0 radical (unpaired) electrons. The predicted molar refractivity (Wildman–Crippen MR) is 152 cm³/mol. The first-order valence-electron chi connectivity index (χ1n) is 12.4. The number of nitrogens with zero attached hydrogens (tertiary/aromatic N) is 4. The number of carbonyl (C=O) groups excluding carboxylic acids is 1. The molecule has 190 valence electrons. The van der Waals surface area contributed by atoms with Crippen molar-refractivity contribution in [3.05, 3.63) is 103 Å². The number of pyridine rings is 4. The van der Waals surface area contributed by atoms with Crippen molar-refractivity contribution >= 4 is 56.1 Å². The molecule has 0 aliphatic rings. The summed E-state index contributed by atoms with van der Waals surface area (Å²) in [5.74, 6) is -1.11. The van der Waals surface area contributed by atoms with E-state index in [0.29, 0.717) is 33.5 Å². The lowest BCUT2D eigenvalue weighted by Crippen LogP contribution is -2.04. The van der Waals surface area contributed by atoms with Gasteiger partial charge in [0.15, 0.2) is 0 Å². The van der Waals surface area contributed by atoms with E-state index >= 15 is 0 Å². The number of carboxylic acids is 1. The average molecular weight is 523 g/mol. The number of carboxylic acid groups (broad SMARTS) is 1. The van der Waals surface area contributed by atoms with Gasteiger partial charge >= 0.3 is 5.97 Å². The molecule has 0 saturated carbocycles. The number of carbonyl (C=O) groups is 2. The number of benzene rings is 3. The van der Waals surface area contributed by atoms with E-state index in [1.165, 1.54) is 6.07 Å². The van der Waals surface area contributed by atoms with Gasteiger partial charge in [-0.05, 0) is 36.4 Å². The van der Waals surface area contributed by atoms with Gasteiger partial charge in [0.05, 0.1) is 39.0 Å². The number of rotatable bonds is 5. The highest BCUT2D eigenvalue weighted by Gasteiger charge is 2.21. The summed E-state index contributed by atoms with van der Waals surface area (Å²) in [7, 11) is 0. The maximum Gasteiger partial charge on any atom is 0.336 e. The van der Waals surface area contributed by atoms with E-state index in [1.54, 1.807) is 30.6 Å². The lowest BCUT2D eigenvalue weighted by Gasteiger charge is -2.14. The molecule has 0 fully saturated rings. The maximum atomic E-state index is 12.4. The minimum absolute atomic E-state index is 0.0615. The van der Waals surface area contributed by atoms with E-state index in [2.05, 4.69) is 9.97 Å². The minimum atomic E-state index is -1.18. The summed E-state index contributed by atoms with van der Waals surface area (Å²) in [4.78, 5) is 42.6. The van der Waals surface area contributed by atoms with Crippen LogP contribution in [0, 0.1) is 0 Å². The zero-order valence-electron chi connectivity index (χ0n) is 20.8. The van der Waals surface area contributed by atoms with Crippen molar-refractivity contribution in [3.8, 4) is 28.3 Å². The third kappa shape index (κ3) is 3.78. The van der Waals surface area contributed by atoms with Crippen LogP contribution in [0.25, 0.3) is 66.1 Å². The summed E-state index contributed by atoms with van der Waals surface area (Å²) in [5.41, 5.74) is 4.46. The number of aromatic carboxylic acids is 1. The fourth-order valence-corrected chi connectivity index (χ4v) is 5.07. The van der Waals surface area contributed by atoms with Gasteiger partial charge in [-0.15, -0.1) is 0 Å². The van der Waals surface area contributed by atoms with Crippen LogP contribution in [0.2, 0.25) is 0 Å². The summed E-state index contributed by atoms with van der Waals surface area (Å²) >= 11 is 0. The third-order valence-corrected chi connectivity index (χ3v) is 6.94. The molecule has 0 aliphatic heterocycles. The first-order valence-corrected chi connectivity index (χ1v) is 12.4. The molecule has 4 heterocycles. The van der Waals surface area contributed by atoms with Gasteiger partial charge < -0.3 is 9.84 Å². The second-order valence-corrected chi connectivity index (χ2v) is 9.23. The zero-order valence-corrected chi connectivity index (χ0v) is 20.8. The molecule has 0 spiro atoms. The summed E-state index contributed by atoms with van der Waals surface area (Å²) in [6.45, 7) is 0.272. The molecule has 7 rings (SSSR count). The van der Waals surface area contributed by atoms with Gasteiger partial charge in [-0.3, -0.25) is 14.8 Å². The number of hydrogen-bond donors (Lipinski definition) is 1. The summed E-state index contributed by atoms with van der Waals surface area (Å²) in [6.07, 6.45) is 3.41. The van der Waals surface area contributed by atoms with Gasteiger partial charge in [0, 0.05) is 45.1 Å². The lowest BCUT2D eigenvalue weighted by molar-refractivity contribution is -0.120. The van der Waals surface area contributed by atoms with E-state index < -0.39 is 5.97 Å². The van der Waals surface area contributed by atoms with Crippen LogP contribution in [0.15, 0.2) is 97.3 Å². The van der Waals surface area contributed by atoms with Gasteiger partial charge in [-0.2, -0.15) is 0 Å². The minimum Gasteiger partial charge on any atom is -0.478 e. The van der Waals surface area contributed by atoms with Gasteiger partial charge in [-0.1, -0.05) is 48.5 Å². The van der Waals surface area contributed by atoms with Gasteiger partial charge in [0.1, 0.15) is 5.75 Å². The molecule has 0 unspecified atom stereocenters. The monoisotopic (exact) mass is 522 g/mol. The molecule has 0 saturated heterocycles. The molecular formula is C32H18N4O4. The van der Waals surface area contributed by atoms with Crippen LogP contribution >= 0.6 is 0 Å². The molecule has 4 aromatic heterocycles. The number of aromatic nitrogens is 4. The number of fused-ring (bicyclic) bond motifs is 6. The van der Waals surface area contributed by atoms with Crippen LogP contribution in [-0.2, 0) is 4.79 Å². The van der Waals surface area contributed by atoms with Crippen LogP contribution in [0.3, 0.4) is 0 Å². The largest absolute Gasteiger partial charge is 0.478 e. The number of hydrogen-bond acceptors (Lipinski definition) is 7. The van der Waals surface area contributed by atoms with Gasteiger partial charge in [-0.25, -0.2) is 14.8 Å². The second-order valence-electron chi connectivity index (χ2n) is 9.23. The van der Waals surface area contributed by atoms with Crippen LogP contribution in [0.1, 0.15) is 10.4 Å². The van der Waals surface area contributed by atoms with E-state index in [0.717, 1.165) is 32.6 Å². The molecule has 7 aromatic rings. The normalized spacial score (nSPS) is 11.3. The van der Waals surface area contributed by atoms with Crippen molar-refractivity contribution in [2.75, 3.05) is 0 Å². The first-order chi connectivity index (χ1) is 19.6. The number of ether oxygens (including phenoxy) is 1. The van der Waals surface area contributed by atoms with Crippen molar-refractivity contribution in [3.63, 3.8) is 0 Å². The predicted octanol–water partition coefficient (Wildman–Crippen LogP) is 6.45. The molecule has 3 aromatic carbocycles. The Hall–Kier alpha value is -5.76. The molecule has 8 nitrogen and oxygen atoms in total. The SMILES string of the molecule is O=COc1cc(C(=O)O)c(-c2ccc3ccc4cccnc4c3n2)cc1-c1ccc2ccc3cccnc3c2n1. The molecule has 0 atom stereocenters. The quantitative estimate of drug-likeness (QED) is 0.203. The Balaban J connectivity index is 1.49. The molecule has 0 amide bonds. The Labute approximate surface area is 226 Å². The zero-order chi connectivity index (χ0) is 27.2. The van der Waals surface area contributed by atoms with Crippen molar-refractivity contribution in [1.29, 1.82) is 0 Å². The van der Waals surface area contributed by atoms with E-state index in [4.69, 9.17) is 14.7 Å². The smallest absolute Gasteiger partial charge is 0.336 e. The molecular weight excluding hydrogens is 504 g/mol. The Morgan fingerprint density at radius 2 is 1.15 bits per heavy atom. The van der Waals surface area contributed by atoms with Crippen LogP contribution in [0.4, 0.5) is 0 Å². The maximum absolute atomic E-state index is 12.4. The van der Waals surface area contributed by atoms with Crippen LogP contribution in [0.5, 0.6) is 5.75 Å². The lowest BCUT2D eigenvalue weighted by atomic mass is 9.97. The molecule has 40 heavy (non-hydrogen) atoms. The molecule has 1 N–H and O–H groups in total. The summed E-state index contributed by atoms with van der Waals surface area (Å²) < 4.78 is 5.27. The highest BCUT2D eigenvalue weighted by molar-refractivity contribution is 6.06. The van der Waals surface area contributed by atoms with Crippen molar-refractivity contribution in [2.24, 2.45) is 0 Å². The van der Waals surface area contributed by atoms with Gasteiger partial charge in [0.2, 0.25) is 0 Å². The Morgan fingerprint density at radius 1 is 0.650 bits per heavy atom. The average Bonchev–Trinajstić information content (AvgIpc) is 3.00. The van der Waals surface area contributed by atoms with E-state index in [-0.39, 0.29) is 17.8 Å². The summed E-state index contributed by atoms with van der Waals surface area (Å²) in [6, 6.07) is 25.9. The van der Waals surface area contributed by atoms with E-state index in [1.807, 2.05) is 60.7 Å². The standard InChI is InChI=1S/C32H18N4O4/c37-17-40-27-16-23(32(38)39)22(25-11-9-20-7-5-18-3-1-13-33-28(18)30(20)35-25)15-24(27)26-12-10-21-8-6-19-4-2-14-34-29(19)31(21)36-26/h1-17H,(H,38,39). The second kappa shape index (κ2) is 9.21. The van der Waals surface area contributed by atoms with E-state index in [9.17, 15) is 14.7 Å². The van der Waals surface area contributed by atoms with Crippen molar-refractivity contribution in [2.45, 2.75) is 0 Å². The van der Waals surface area contributed by atoms with Gasteiger partial charge in [0.25, 0.3) is 6.47 Å². The van der Waals surface area contributed by atoms with Crippen molar-refractivity contribution in [1.82, 2.24) is 19.9 Å². The Morgan fingerprint density at radius 3 is 1.68 bits per heavy atom. The summed E-state index contributed by atoms with van der Waals surface area (Å²) in [5, 5.41) is 13.8. The molecule has 8 heteroatoms. The Kier molecular flexibility index (Phi) is 5.38. The highest BCUT2D eigenvalue weighted by atomic mass is 16.5. The molecule has 0 aliphatic carbocycles. The third-order valence-electron chi connectivity index (χ3n) is 6.94. The highest BCUT2D eigenvalue weighted by Crippen LogP contribution is 2.38. The van der Waals surface area contributed by atoms with Crippen LogP contribution < -0.4 is 4.74 Å².